The van der Waals surface area contributed by atoms with E-state index in [-0.39, 0.29) is 15.7 Å². The lowest BCUT2D eigenvalue weighted by atomic mass is 10.3. The summed E-state index contributed by atoms with van der Waals surface area (Å²) in [6.45, 7) is 4.50. The van der Waals surface area contributed by atoms with E-state index in [1.54, 1.807) is 12.1 Å². The van der Waals surface area contributed by atoms with Gasteiger partial charge in [0.25, 0.3) is 10.0 Å². The van der Waals surface area contributed by atoms with E-state index in [2.05, 4.69) is 9.71 Å². The number of pyridine rings is 1. The molecule has 0 saturated carbocycles. The van der Waals surface area contributed by atoms with E-state index >= 15 is 0 Å². The number of rotatable bonds is 7. The highest BCUT2D eigenvalue weighted by Crippen LogP contribution is 2.31. The first-order valence-corrected chi connectivity index (χ1v) is 8.87. The van der Waals surface area contributed by atoms with Gasteiger partial charge in [-0.15, -0.1) is 0 Å². The van der Waals surface area contributed by atoms with Crippen LogP contribution >= 0.6 is 11.6 Å². The Morgan fingerprint density at radius 2 is 1.83 bits per heavy atom. The van der Waals surface area contributed by atoms with Gasteiger partial charge in [0.15, 0.2) is 16.7 Å². The van der Waals surface area contributed by atoms with E-state index < -0.39 is 10.0 Å². The summed E-state index contributed by atoms with van der Waals surface area (Å²) in [5.74, 6) is 0.863. The predicted octanol–water partition coefficient (Wildman–Crippen LogP) is 3.33. The lowest BCUT2D eigenvalue weighted by Crippen LogP contribution is -2.14. The lowest BCUT2D eigenvalue weighted by Gasteiger charge is -2.13. The van der Waals surface area contributed by atoms with E-state index in [0.29, 0.717) is 24.7 Å². The molecule has 124 valence electrons. The minimum atomic E-state index is -3.82. The molecule has 0 atom stereocenters. The van der Waals surface area contributed by atoms with Gasteiger partial charge in [-0.25, -0.2) is 13.4 Å². The first-order valence-electron chi connectivity index (χ1n) is 7.01. The van der Waals surface area contributed by atoms with Gasteiger partial charge in [-0.3, -0.25) is 4.72 Å². The molecule has 2 rings (SSSR count). The number of benzene rings is 1. The van der Waals surface area contributed by atoms with Crippen molar-refractivity contribution in [1.29, 1.82) is 0 Å². The normalized spacial score (nSPS) is 11.1. The molecular formula is C15H17ClN2O4S. The van der Waals surface area contributed by atoms with Crippen molar-refractivity contribution in [2.24, 2.45) is 0 Å². The number of nitrogens with one attached hydrogen (secondary N) is 1. The Kier molecular flexibility index (Phi) is 5.68. The summed E-state index contributed by atoms with van der Waals surface area (Å²) >= 11 is 5.88. The van der Waals surface area contributed by atoms with Crippen LogP contribution in [0.4, 0.5) is 5.69 Å². The van der Waals surface area contributed by atoms with Gasteiger partial charge >= 0.3 is 0 Å². The number of halogens is 1. The Hall–Kier alpha value is -1.99. The maximum absolute atomic E-state index is 12.5. The fourth-order valence-electron chi connectivity index (χ4n) is 1.86. The molecule has 0 bridgehead atoms. The van der Waals surface area contributed by atoms with Gasteiger partial charge in [-0.1, -0.05) is 11.6 Å². The van der Waals surface area contributed by atoms with Gasteiger partial charge in [-0.2, -0.15) is 0 Å². The number of nitrogens with zero attached hydrogens (tertiary/aromatic N) is 1. The molecule has 8 heteroatoms. The number of ether oxygens (including phenoxy) is 2. The standard InChI is InChI=1S/C15H17ClN2O4S/c1-3-21-13-8-7-11(10-14(13)22-4-2)23(19,20)18-12-6-5-9-17-15(12)16/h5-10,18H,3-4H2,1-2H3. The molecule has 0 fully saturated rings. The summed E-state index contributed by atoms with van der Waals surface area (Å²) in [5, 5.41) is 0.0760. The van der Waals surface area contributed by atoms with Gasteiger partial charge < -0.3 is 9.47 Å². The summed E-state index contributed by atoms with van der Waals surface area (Å²) in [6.07, 6.45) is 1.48. The highest BCUT2D eigenvalue weighted by molar-refractivity contribution is 7.92. The second-order valence-electron chi connectivity index (χ2n) is 4.42. The summed E-state index contributed by atoms with van der Waals surface area (Å²) in [7, 11) is -3.82. The average molecular weight is 357 g/mol. The van der Waals surface area contributed by atoms with Crippen LogP contribution in [0.2, 0.25) is 5.15 Å². The SMILES string of the molecule is CCOc1ccc(S(=O)(=O)Nc2cccnc2Cl)cc1OCC. The Bertz CT molecular complexity index is 781. The van der Waals surface area contributed by atoms with E-state index in [4.69, 9.17) is 21.1 Å². The van der Waals surface area contributed by atoms with Gasteiger partial charge in [-0.05, 0) is 38.1 Å². The summed E-state index contributed by atoms with van der Waals surface area (Å²) in [6, 6.07) is 7.55. The molecule has 0 aliphatic heterocycles. The minimum absolute atomic E-state index is 0.0457. The molecule has 0 aliphatic carbocycles. The zero-order valence-electron chi connectivity index (χ0n) is 12.7. The molecule has 0 amide bonds. The summed E-state index contributed by atoms with van der Waals surface area (Å²) < 4.78 is 38.2. The van der Waals surface area contributed by atoms with Crippen LogP contribution in [0.5, 0.6) is 11.5 Å². The third kappa shape index (κ3) is 4.27. The van der Waals surface area contributed by atoms with E-state index in [1.807, 2.05) is 13.8 Å². The van der Waals surface area contributed by atoms with Crippen molar-refractivity contribution in [1.82, 2.24) is 4.98 Å². The molecule has 1 aromatic carbocycles. The van der Waals surface area contributed by atoms with Crippen LogP contribution in [0.3, 0.4) is 0 Å². The molecule has 0 unspecified atom stereocenters. The van der Waals surface area contributed by atoms with Crippen molar-refractivity contribution in [3.05, 3.63) is 41.7 Å². The number of sulfonamides is 1. The quantitative estimate of drug-likeness (QED) is 0.770. The highest BCUT2D eigenvalue weighted by Gasteiger charge is 2.19. The van der Waals surface area contributed by atoms with E-state index in [1.165, 1.54) is 24.4 Å². The second-order valence-corrected chi connectivity index (χ2v) is 6.46. The molecule has 1 N–H and O–H groups in total. The maximum atomic E-state index is 12.5. The Balaban J connectivity index is 2.36. The second kappa shape index (κ2) is 7.52. The monoisotopic (exact) mass is 356 g/mol. The van der Waals surface area contributed by atoms with Crippen molar-refractivity contribution in [2.75, 3.05) is 17.9 Å². The first-order chi connectivity index (χ1) is 11.0. The number of aromatic nitrogens is 1. The number of hydrogen-bond donors (Lipinski definition) is 1. The van der Waals surface area contributed by atoms with Gasteiger partial charge in [0.2, 0.25) is 0 Å². The largest absolute Gasteiger partial charge is 0.490 e. The van der Waals surface area contributed by atoms with E-state index in [0.717, 1.165) is 0 Å². The molecule has 0 radical (unpaired) electrons. The van der Waals surface area contributed by atoms with Crippen molar-refractivity contribution in [3.8, 4) is 11.5 Å². The zero-order valence-corrected chi connectivity index (χ0v) is 14.3. The number of anilines is 1. The third-order valence-electron chi connectivity index (χ3n) is 2.83. The van der Waals surface area contributed by atoms with Crippen molar-refractivity contribution < 1.29 is 17.9 Å². The smallest absolute Gasteiger partial charge is 0.262 e. The average Bonchev–Trinajstić information content (AvgIpc) is 2.51. The Morgan fingerprint density at radius 1 is 1.13 bits per heavy atom. The van der Waals surface area contributed by atoms with Crippen molar-refractivity contribution in [2.45, 2.75) is 18.7 Å². The highest BCUT2D eigenvalue weighted by atomic mass is 35.5. The Morgan fingerprint density at radius 3 is 2.48 bits per heavy atom. The van der Waals surface area contributed by atoms with Crippen LogP contribution in [0.15, 0.2) is 41.4 Å². The molecule has 1 aromatic heterocycles. The van der Waals surface area contributed by atoms with Gasteiger partial charge in [0.05, 0.1) is 23.8 Å². The van der Waals surface area contributed by atoms with E-state index in [9.17, 15) is 8.42 Å². The molecule has 0 saturated heterocycles. The van der Waals surface area contributed by atoms with Gasteiger partial charge in [0.1, 0.15) is 0 Å². The van der Waals surface area contributed by atoms with Crippen LogP contribution in [0.25, 0.3) is 0 Å². The molecule has 0 aliphatic rings. The molecule has 6 nitrogen and oxygen atoms in total. The van der Waals surface area contributed by atoms with Gasteiger partial charge in [0, 0.05) is 12.3 Å². The van der Waals surface area contributed by atoms with Crippen LogP contribution in [0, 0.1) is 0 Å². The predicted molar refractivity (Wildman–Crippen MR) is 88.8 cm³/mol. The molecule has 23 heavy (non-hydrogen) atoms. The number of hydrogen-bond acceptors (Lipinski definition) is 5. The summed E-state index contributed by atoms with van der Waals surface area (Å²) in [5.41, 5.74) is 0.209. The van der Waals surface area contributed by atoms with Crippen molar-refractivity contribution >= 4 is 27.3 Å². The minimum Gasteiger partial charge on any atom is -0.490 e. The lowest BCUT2D eigenvalue weighted by molar-refractivity contribution is 0.287. The fourth-order valence-corrected chi connectivity index (χ4v) is 3.17. The zero-order chi connectivity index (χ0) is 16.9. The molecular weight excluding hydrogens is 340 g/mol. The fraction of sp³-hybridized carbons (Fsp3) is 0.267. The molecule has 2 aromatic rings. The Labute approximate surface area is 140 Å². The van der Waals surface area contributed by atoms with Crippen LogP contribution in [-0.4, -0.2) is 26.6 Å². The van der Waals surface area contributed by atoms with Crippen LogP contribution in [-0.2, 0) is 10.0 Å². The van der Waals surface area contributed by atoms with Crippen LogP contribution < -0.4 is 14.2 Å². The summed E-state index contributed by atoms with van der Waals surface area (Å²) in [4.78, 5) is 3.88. The maximum Gasteiger partial charge on any atom is 0.262 e. The first kappa shape index (κ1) is 17.4. The van der Waals surface area contributed by atoms with Crippen molar-refractivity contribution in [3.63, 3.8) is 0 Å². The molecule has 0 spiro atoms. The topological polar surface area (TPSA) is 77.5 Å². The van der Waals surface area contributed by atoms with Crippen LogP contribution in [0.1, 0.15) is 13.8 Å². The molecule has 1 heterocycles. The third-order valence-corrected chi connectivity index (χ3v) is 4.49.